The highest BCUT2D eigenvalue weighted by molar-refractivity contribution is 5.82. The number of nitrogens with zero attached hydrogens (tertiary/aromatic N) is 1. The van der Waals surface area contributed by atoms with Gasteiger partial charge in [-0.1, -0.05) is 13.8 Å². The Hall–Kier alpha value is -0.570. The van der Waals surface area contributed by atoms with Crippen LogP contribution in [-0.4, -0.2) is 37.5 Å². The number of hydrogen-bond acceptors (Lipinski definition) is 2. The average Bonchev–Trinajstić information content (AvgIpc) is 2.25. The zero-order chi connectivity index (χ0) is 12.2. The highest BCUT2D eigenvalue weighted by Crippen LogP contribution is 2.27. The smallest absolute Gasteiger partial charge is 0.229 e. The fourth-order valence-electron chi connectivity index (χ4n) is 2.25. The lowest BCUT2D eigenvalue weighted by Crippen LogP contribution is -2.49. The first-order valence-corrected chi connectivity index (χ1v) is 6.42. The molecule has 1 fully saturated rings. The van der Waals surface area contributed by atoms with E-state index in [0.717, 1.165) is 38.9 Å². The molecule has 94 valence electrons. The second-order valence-electron chi connectivity index (χ2n) is 5.75. The average molecular weight is 226 g/mol. The van der Waals surface area contributed by atoms with Gasteiger partial charge < -0.3 is 10.2 Å². The number of carbonyl (C=O) groups is 1. The summed E-state index contributed by atoms with van der Waals surface area (Å²) < 4.78 is 0. The quantitative estimate of drug-likeness (QED) is 0.794. The van der Waals surface area contributed by atoms with Gasteiger partial charge in [-0.2, -0.15) is 0 Å². The Kier molecular flexibility index (Phi) is 4.78. The largest absolute Gasteiger partial charge is 0.345 e. The zero-order valence-electron chi connectivity index (χ0n) is 11.2. The molecule has 1 heterocycles. The first-order valence-electron chi connectivity index (χ1n) is 6.42. The van der Waals surface area contributed by atoms with E-state index in [1.54, 1.807) is 0 Å². The van der Waals surface area contributed by atoms with Gasteiger partial charge in [0.05, 0.1) is 5.41 Å². The van der Waals surface area contributed by atoms with Crippen molar-refractivity contribution in [2.75, 3.05) is 26.7 Å². The fraction of sp³-hybridized carbons (Fsp3) is 0.923. The summed E-state index contributed by atoms with van der Waals surface area (Å²) in [6, 6.07) is 0. The fourth-order valence-corrected chi connectivity index (χ4v) is 2.25. The van der Waals surface area contributed by atoms with Crippen LogP contribution in [0.5, 0.6) is 0 Å². The van der Waals surface area contributed by atoms with Gasteiger partial charge in [0.2, 0.25) is 5.91 Å². The summed E-state index contributed by atoms with van der Waals surface area (Å²) in [6.45, 7) is 9.25. The van der Waals surface area contributed by atoms with Gasteiger partial charge in [0.15, 0.2) is 0 Å². The molecular weight excluding hydrogens is 200 g/mol. The SMILES string of the molecule is CC(C)CCN(C)C(=O)C1(C)CCCNC1. The Balaban J connectivity index is 2.48. The highest BCUT2D eigenvalue weighted by Gasteiger charge is 2.36. The first-order chi connectivity index (χ1) is 7.46. The van der Waals surface area contributed by atoms with E-state index in [9.17, 15) is 4.79 Å². The molecule has 1 N–H and O–H groups in total. The van der Waals surface area contributed by atoms with Crippen LogP contribution in [0.1, 0.15) is 40.0 Å². The first kappa shape index (κ1) is 13.5. The van der Waals surface area contributed by atoms with Crippen molar-refractivity contribution in [3.8, 4) is 0 Å². The molecule has 1 atom stereocenters. The number of hydrogen-bond donors (Lipinski definition) is 1. The molecule has 3 heteroatoms. The molecular formula is C13H26N2O. The van der Waals surface area contributed by atoms with E-state index in [1.165, 1.54) is 0 Å². The standard InChI is InChI=1S/C13H26N2O/c1-11(2)6-9-15(4)12(16)13(3)7-5-8-14-10-13/h11,14H,5-10H2,1-4H3. The third kappa shape index (κ3) is 3.48. The van der Waals surface area contributed by atoms with Crippen molar-refractivity contribution in [1.29, 1.82) is 0 Å². The maximum absolute atomic E-state index is 12.3. The van der Waals surface area contributed by atoms with Gasteiger partial charge in [-0.25, -0.2) is 0 Å². The summed E-state index contributed by atoms with van der Waals surface area (Å²) in [5.74, 6) is 0.966. The summed E-state index contributed by atoms with van der Waals surface area (Å²) in [5, 5.41) is 3.33. The maximum Gasteiger partial charge on any atom is 0.229 e. The second kappa shape index (κ2) is 5.67. The van der Waals surface area contributed by atoms with Crippen LogP contribution in [0.15, 0.2) is 0 Å². The van der Waals surface area contributed by atoms with Crippen molar-refractivity contribution < 1.29 is 4.79 Å². The predicted molar refractivity (Wildman–Crippen MR) is 67.3 cm³/mol. The lowest BCUT2D eigenvalue weighted by Gasteiger charge is -2.36. The molecule has 3 nitrogen and oxygen atoms in total. The molecule has 0 saturated carbocycles. The van der Waals surface area contributed by atoms with E-state index in [-0.39, 0.29) is 5.41 Å². The summed E-state index contributed by atoms with van der Waals surface area (Å²) >= 11 is 0. The van der Waals surface area contributed by atoms with Gasteiger partial charge in [-0.05, 0) is 38.6 Å². The van der Waals surface area contributed by atoms with Crippen LogP contribution in [0, 0.1) is 11.3 Å². The van der Waals surface area contributed by atoms with E-state index in [2.05, 4.69) is 26.1 Å². The van der Waals surface area contributed by atoms with E-state index < -0.39 is 0 Å². The summed E-state index contributed by atoms with van der Waals surface area (Å²) in [4.78, 5) is 14.2. The molecule has 1 amide bonds. The molecule has 16 heavy (non-hydrogen) atoms. The van der Waals surface area contributed by atoms with Crippen LogP contribution in [-0.2, 0) is 4.79 Å². The van der Waals surface area contributed by atoms with E-state index >= 15 is 0 Å². The van der Waals surface area contributed by atoms with Gasteiger partial charge in [0, 0.05) is 20.1 Å². The number of amides is 1. The number of nitrogens with one attached hydrogen (secondary N) is 1. The van der Waals surface area contributed by atoms with Crippen molar-refractivity contribution in [3.05, 3.63) is 0 Å². The number of carbonyl (C=O) groups excluding carboxylic acids is 1. The van der Waals surface area contributed by atoms with Gasteiger partial charge in [-0.15, -0.1) is 0 Å². The minimum atomic E-state index is -0.177. The van der Waals surface area contributed by atoms with Crippen molar-refractivity contribution in [1.82, 2.24) is 10.2 Å². The Morgan fingerprint density at radius 3 is 2.69 bits per heavy atom. The summed E-state index contributed by atoms with van der Waals surface area (Å²) in [6.07, 6.45) is 3.22. The van der Waals surface area contributed by atoms with E-state index in [4.69, 9.17) is 0 Å². The van der Waals surface area contributed by atoms with Crippen LogP contribution in [0.4, 0.5) is 0 Å². The summed E-state index contributed by atoms with van der Waals surface area (Å²) in [5.41, 5.74) is -0.177. The predicted octanol–water partition coefficient (Wildman–Crippen LogP) is 1.88. The lowest BCUT2D eigenvalue weighted by atomic mass is 9.81. The lowest BCUT2D eigenvalue weighted by molar-refractivity contribution is -0.141. The molecule has 1 unspecified atom stereocenters. The molecule has 1 aliphatic rings. The molecule has 1 rings (SSSR count). The molecule has 0 bridgehead atoms. The topological polar surface area (TPSA) is 32.3 Å². The molecule has 0 spiro atoms. The molecule has 0 aromatic heterocycles. The van der Waals surface area contributed by atoms with Crippen molar-refractivity contribution in [2.45, 2.75) is 40.0 Å². The van der Waals surface area contributed by atoms with Gasteiger partial charge in [0.1, 0.15) is 0 Å². The van der Waals surface area contributed by atoms with Crippen LogP contribution in [0.25, 0.3) is 0 Å². The highest BCUT2D eigenvalue weighted by atomic mass is 16.2. The van der Waals surface area contributed by atoms with Gasteiger partial charge in [-0.3, -0.25) is 4.79 Å². The molecule has 0 aromatic rings. The Morgan fingerprint density at radius 2 is 2.19 bits per heavy atom. The second-order valence-corrected chi connectivity index (χ2v) is 5.75. The molecule has 0 aliphatic carbocycles. The van der Waals surface area contributed by atoms with Gasteiger partial charge in [0.25, 0.3) is 0 Å². The van der Waals surface area contributed by atoms with Gasteiger partial charge >= 0.3 is 0 Å². The maximum atomic E-state index is 12.3. The van der Waals surface area contributed by atoms with Crippen LogP contribution in [0.2, 0.25) is 0 Å². The van der Waals surface area contributed by atoms with Crippen LogP contribution < -0.4 is 5.32 Å². The molecule has 1 aliphatic heterocycles. The normalized spacial score (nSPS) is 25.8. The molecule has 0 aromatic carbocycles. The minimum Gasteiger partial charge on any atom is -0.345 e. The molecule has 1 saturated heterocycles. The van der Waals surface area contributed by atoms with E-state index in [1.807, 2.05) is 11.9 Å². The Bertz CT molecular complexity index is 232. The number of piperidine rings is 1. The minimum absolute atomic E-state index is 0.177. The third-order valence-corrected chi connectivity index (χ3v) is 3.50. The monoisotopic (exact) mass is 226 g/mol. The van der Waals surface area contributed by atoms with Crippen LogP contribution in [0.3, 0.4) is 0 Å². The van der Waals surface area contributed by atoms with E-state index in [0.29, 0.717) is 11.8 Å². The summed E-state index contributed by atoms with van der Waals surface area (Å²) in [7, 11) is 1.94. The van der Waals surface area contributed by atoms with Crippen molar-refractivity contribution >= 4 is 5.91 Å². The van der Waals surface area contributed by atoms with Crippen LogP contribution >= 0.6 is 0 Å². The third-order valence-electron chi connectivity index (χ3n) is 3.50. The molecule has 0 radical (unpaired) electrons. The van der Waals surface area contributed by atoms with Crippen molar-refractivity contribution in [2.24, 2.45) is 11.3 Å². The zero-order valence-corrected chi connectivity index (χ0v) is 11.2. The van der Waals surface area contributed by atoms with Crippen molar-refractivity contribution in [3.63, 3.8) is 0 Å². The Labute approximate surface area is 99.6 Å². The Morgan fingerprint density at radius 1 is 1.50 bits per heavy atom. The number of rotatable bonds is 4.